The molecular formula is C62H105N3O21. The number of rotatable bonds is 13. The number of carbonyl (C=O) groups is 5. The van der Waals surface area contributed by atoms with Crippen molar-refractivity contribution in [3.8, 4) is 0 Å². The van der Waals surface area contributed by atoms with Crippen LogP contribution in [0, 0.1) is 47.3 Å². The molecule has 0 amide bonds. The molecule has 4 rings (SSSR count). The molecule has 4 bridgehead atoms. The van der Waals surface area contributed by atoms with Crippen molar-refractivity contribution in [1.82, 2.24) is 5.32 Å². The second-order valence-electron chi connectivity index (χ2n) is 24.4. The fourth-order valence-corrected chi connectivity index (χ4v) is 10.8. The molecule has 15 N–H and O–H groups in total. The summed E-state index contributed by atoms with van der Waals surface area (Å²) in [5.41, 5.74) is 5.69. The van der Waals surface area contributed by atoms with E-state index >= 15 is 0 Å². The minimum atomic E-state index is -2.44. The lowest BCUT2D eigenvalue weighted by Gasteiger charge is -2.46. The van der Waals surface area contributed by atoms with Crippen molar-refractivity contribution in [2.24, 2.45) is 58.1 Å². The number of fused-ring (bicyclic) bond motifs is 5. The normalized spacial score (nSPS) is 36.5. The van der Waals surface area contributed by atoms with E-state index in [1.54, 1.807) is 59.9 Å². The Morgan fingerprint density at radius 2 is 1.30 bits per heavy atom. The number of aliphatic carboxylic acids is 2. The van der Waals surface area contributed by atoms with E-state index in [2.05, 4.69) is 29.4 Å². The van der Waals surface area contributed by atoms with Gasteiger partial charge in [0.2, 0.25) is 5.79 Å². The molecule has 24 heteroatoms. The van der Waals surface area contributed by atoms with E-state index < -0.39 is 164 Å². The number of nitrogens with zero attached hydrogens (tertiary/aromatic N) is 1. The van der Waals surface area contributed by atoms with Crippen LogP contribution >= 0.6 is 0 Å². The smallest absolute Gasteiger partial charge is 0.317 e. The summed E-state index contributed by atoms with van der Waals surface area (Å²) >= 11 is 0. The molecule has 22 atom stereocenters. The summed E-state index contributed by atoms with van der Waals surface area (Å²) in [5.74, 6) is -11.2. The summed E-state index contributed by atoms with van der Waals surface area (Å²) in [4.78, 5) is 62.6. The number of unbranched alkanes of at least 4 members (excludes halogenated alkanes) is 2. The van der Waals surface area contributed by atoms with Gasteiger partial charge in [-0.05, 0) is 76.0 Å². The first-order chi connectivity index (χ1) is 40.3. The maximum atomic E-state index is 13.8. The zero-order chi connectivity index (χ0) is 65.0. The Hall–Kier alpha value is -4.86. The number of carbonyl (C=O) groups excluding carboxylic acids is 3. The number of aliphatic hydroxyl groups excluding tert-OH is 9. The molecule has 22 unspecified atom stereocenters. The molecule has 0 aromatic rings. The number of nitrogens with two attached hydrogens (primary N) is 1. The van der Waals surface area contributed by atoms with Crippen LogP contribution in [0.3, 0.4) is 0 Å². The highest BCUT2D eigenvalue weighted by Crippen LogP contribution is 2.39. The minimum absolute atomic E-state index is 0.0931. The van der Waals surface area contributed by atoms with Gasteiger partial charge in [0.15, 0.2) is 12.1 Å². The molecule has 4 aliphatic rings. The average Bonchev–Trinajstić information content (AvgIpc) is 3.76. The number of guanidine groups is 1. The predicted octanol–water partition coefficient (Wildman–Crippen LogP) is 3.33. The van der Waals surface area contributed by atoms with Crippen molar-refractivity contribution in [2.75, 3.05) is 13.6 Å². The summed E-state index contributed by atoms with van der Waals surface area (Å²) in [7, 11) is 1.64. The van der Waals surface area contributed by atoms with Gasteiger partial charge in [-0.1, -0.05) is 103 Å². The van der Waals surface area contributed by atoms with E-state index in [0.29, 0.717) is 11.9 Å². The SMILES string of the molecule is CN=C(N)NCCCC=CCCCC(C)CC(C)C1OC(=O)C(C)C(O)C=CC(C)C(O)CC(O)C(C)C(O)CCC(C)C(O)CC2(O)OC3CC(CC(O)CC(O)C(C)C(O)C=CC=CC1C)OC(=O)CC(=O)OC2C(O)C3.O=C(O)CC(=O)O. The number of carboxylic acid groups (broad SMARTS) is 2. The Bertz CT molecular complexity index is 2180. The van der Waals surface area contributed by atoms with Crippen molar-refractivity contribution in [1.29, 1.82) is 0 Å². The van der Waals surface area contributed by atoms with E-state index in [-0.39, 0.29) is 56.8 Å². The van der Waals surface area contributed by atoms with Crippen LogP contribution in [0.15, 0.2) is 53.6 Å². The Balaban J connectivity index is 0.00000338. The number of hydrogen-bond acceptors (Lipinski definition) is 20. The summed E-state index contributed by atoms with van der Waals surface area (Å²) in [5, 5.41) is 131. The van der Waals surface area contributed by atoms with Crippen LogP contribution in [0.2, 0.25) is 0 Å². The molecule has 4 heterocycles. The van der Waals surface area contributed by atoms with Gasteiger partial charge in [0.05, 0.1) is 67.0 Å². The molecule has 0 aliphatic carbocycles. The number of ether oxygens (including phenoxy) is 4. The van der Waals surface area contributed by atoms with Gasteiger partial charge >= 0.3 is 29.8 Å². The fraction of sp³-hybridized carbons (Fsp3) is 0.774. The highest BCUT2D eigenvalue weighted by Gasteiger charge is 2.53. The van der Waals surface area contributed by atoms with Gasteiger partial charge in [0, 0.05) is 69.4 Å². The standard InChI is InChI=1S/C59H101N3O17.C3H4O4/c1-34(18-14-12-10-11-13-17-25-62-58(60)61-9)26-38(5)55-37(4)19-15-16-20-45(64)39(6)49(68)28-42(63)27-43-29-44-30-51(70)56(77-54(73)32-53(72)76-43)59(75,79-44)33-52(71)36(3)22-23-46(65)40(7)50(69)31-48(67)35(2)21-24-47(66)41(8)57(74)78-55;4-2(5)1-3(6)7/h10-11,15-16,19-21,24,34-52,55-56,63-71,75H,12-14,17-18,22-23,25-33H2,1-9H3,(H3,60,61,62);1H2,(H,4,5)(H,6,7). The topological polar surface area (TPSA) is 415 Å². The quantitative estimate of drug-likeness (QED) is 0.0239. The Morgan fingerprint density at radius 1 is 0.686 bits per heavy atom. The monoisotopic (exact) mass is 1230 g/mol. The molecule has 0 aromatic carbocycles. The third kappa shape index (κ3) is 28.5. The molecule has 494 valence electrons. The van der Waals surface area contributed by atoms with Crippen molar-refractivity contribution < 1.29 is 104 Å². The van der Waals surface area contributed by atoms with Crippen LogP contribution in [0.1, 0.15) is 158 Å². The molecule has 4 aliphatic heterocycles. The fourth-order valence-electron chi connectivity index (χ4n) is 10.8. The number of esters is 3. The van der Waals surface area contributed by atoms with Crippen LogP contribution in [-0.2, 0) is 42.9 Å². The van der Waals surface area contributed by atoms with Crippen molar-refractivity contribution >= 4 is 35.8 Å². The molecule has 0 saturated carbocycles. The lowest BCUT2D eigenvalue weighted by Crippen LogP contribution is -2.61. The first-order valence-corrected chi connectivity index (χ1v) is 30.5. The Kier molecular flexibility index (Phi) is 35.2. The highest BCUT2D eigenvalue weighted by molar-refractivity contribution is 5.91. The molecule has 0 aromatic heterocycles. The van der Waals surface area contributed by atoms with Crippen LogP contribution in [-0.4, -0.2) is 196 Å². The second-order valence-corrected chi connectivity index (χ2v) is 24.4. The third-order valence-corrected chi connectivity index (χ3v) is 16.7. The first-order valence-electron chi connectivity index (χ1n) is 30.5. The van der Waals surface area contributed by atoms with Gasteiger partial charge in [0.25, 0.3) is 0 Å². The number of nitrogens with one attached hydrogen (secondary N) is 1. The van der Waals surface area contributed by atoms with Gasteiger partial charge in [-0.25, -0.2) is 0 Å². The molecular weight excluding hydrogens is 1120 g/mol. The van der Waals surface area contributed by atoms with E-state index in [1.807, 2.05) is 19.9 Å². The maximum Gasteiger partial charge on any atom is 0.317 e. The highest BCUT2D eigenvalue weighted by atomic mass is 16.7. The van der Waals surface area contributed by atoms with Crippen molar-refractivity contribution in [3.63, 3.8) is 0 Å². The minimum Gasteiger partial charge on any atom is -0.481 e. The van der Waals surface area contributed by atoms with Gasteiger partial charge in [0.1, 0.15) is 25.0 Å². The molecule has 0 radical (unpaired) electrons. The van der Waals surface area contributed by atoms with Gasteiger partial charge in [-0.15, -0.1) is 0 Å². The largest absolute Gasteiger partial charge is 0.481 e. The third-order valence-electron chi connectivity index (χ3n) is 16.7. The summed E-state index contributed by atoms with van der Waals surface area (Å²) in [6, 6.07) is 0. The van der Waals surface area contributed by atoms with E-state index in [1.165, 1.54) is 12.2 Å². The Labute approximate surface area is 507 Å². The maximum absolute atomic E-state index is 13.8. The lowest BCUT2D eigenvalue weighted by molar-refractivity contribution is -0.335. The first kappa shape index (κ1) is 77.2. The summed E-state index contributed by atoms with van der Waals surface area (Å²) in [6.45, 7) is 15.0. The zero-order valence-electron chi connectivity index (χ0n) is 51.8. The molecule has 0 spiro atoms. The van der Waals surface area contributed by atoms with Crippen LogP contribution in [0.4, 0.5) is 0 Å². The average molecular weight is 1230 g/mol. The van der Waals surface area contributed by atoms with Crippen LogP contribution < -0.4 is 11.1 Å². The summed E-state index contributed by atoms with van der Waals surface area (Å²) < 4.78 is 23.3. The number of aliphatic imine (C=N–C) groups is 1. The number of cyclic esters (lactones) is 1. The molecule has 86 heavy (non-hydrogen) atoms. The van der Waals surface area contributed by atoms with E-state index in [0.717, 1.165) is 45.1 Å². The molecule has 3 saturated heterocycles. The van der Waals surface area contributed by atoms with Crippen LogP contribution in [0.25, 0.3) is 0 Å². The van der Waals surface area contributed by atoms with Gasteiger partial charge in [-0.2, -0.15) is 0 Å². The number of allylic oxidation sites excluding steroid dienone is 4. The van der Waals surface area contributed by atoms with E-state index in [9.17, 15) is 75.0 Å². The van der Waals surface area contributed by atoms with Crippen molar-refractivity contribution in [2.45, 2.75) is 243 Å². The zero-order valence-corrected chi connectivity index (χ0v) is 51.8. The van der Waals surface area contributed by atoms with Gasteiger partial charge < -0.3 is 91.3 Å². The number of aliphatic hydroxyl groups is 10. The lowest BCUT2D eigenvalue weighted by atomic mass is 9.83. The predicted molar refractivity (Wildman–Crippen MR) is 318 cm³/mol. The van der Waals surface area contributed by atoms with Gasteiger partial charge in [-0.3, -0.25) is 29.0 Å². The molecule has 24 nitrogen and oxygen atoms in total. The van der Waals surface area contributed by atoms with Crippen molar-refractivity contribution in [3.05, 3.63) is 48.6 Å². The Morgan fingerprint density at radius 3 is 1.93 bits per heavy atom. The van der Waals surface area contributed by atoms with Crippen LogP contribution in [0.5, 0.6) is 0 Å². The number of carboxylic acids is 2. The number of hydrogen-bond donors (Lipinski definition) is 14. The second kappa shape index (κ2) is 39.2. The van der Waals surface area contributed by atoms with E-state index in [4.69, 9.17) is 34.9 Å². The summed E-state index contributed by atoms with van der Waals surface area (Å²) in [6.07, 6.45) is 0.924. The molecule has 3 fully saturated rings.